The summed E-state index contributed by atoms with van der Waals surface area (Å²) in [5.41, 5.74) is 0.415. The van der Waals surface area contributed by atoms with Crippen LogP contribution in [0.25, 0.3) is 0 Å². The molecule has 0 aliphatic carbocycles. The monoisotopic (exact) mass is 396 g/mol. The molecule has 1 aromatic heterocycles. The number of rotatable bonds is 8. The van der Waals surface area contributed by atoms with Crippen molar-refractivity contribution >= 4 is 27.8 Å². The van der Waals surface area contributed by atoms with E-state index in [2.05, 4.69) is 4.98 Å². The highest BCUT2D eigenvalue weighted by Crippen LogP contribution is 2.19. The molecule has 0 amide bonds. The first-order chi connectivity index (χ1) is 12.4. The normalized spacial score (nSPS) is 11.4. The van der Waals surface area contributed by atoms with Gasteiger partial charge in [-0.25, -0.2) is 22.5 Å². The van der Waals surface area contributed by atoms with Gasteiger partial charge in [0, 0.05) is 20.3 Å². The Morgan fingerprint density at radius 2 is 1.85 bits per heavy atom. The molecule has 7 nitrogen and oxygen atoms in total. The van der Waals surface area contributed by atoms with Crippen molar-refractivity contribution in [1.29, 1.82) is 0 Å². The number of benzene rings is 1. The molecule has 0 aliphatic rings. The third kappa shape index (κ3) is 4.96. The second-order valence-electron chi connectivity index (χ2n) is 5.30. The van der Waals surface area contributed by atoms with E-state index < -0.39 is 16.0 Å². The maximum absolute atomic E-state index is 12.1. The van der Waals surface area contributed by atoms with Crippen LogP contribution in [0.2, 0.25) is 0 Å². The Labute approximate surface area is 157 Å². The van der Waals surface area contributed by atoms with Crippen molar-refractivity contribution in [2.45, 2.75) is 9.92 Å². The zero-order chi connectivity index (χ0) is 19.2. The number of pyridine rings is 1. The summed E-state index contributed by atoms with van der Waals surface area (Å²) in [7, 11) is -0.525. The lowest BCUT2D eigenvalue weighted by atomic mass is 10.3. The van der Waals surface area contributed by atoms with Crippen LogP contribution >= 0.6 is 11.8 Å². The SMILES string of the molecule is CSc1ncccc1C(=O)OCCOc1ccc(S(=O)(=O)N(C)C)cc1. The molecule has 0 saturated heterocycles. The topological polar surface area (TPSA) is 85.8 Å². The van der Waals surface area contributed by atoms with Crippen molar-refractivity contribution in [2.75, 3.05) is 33.6 Å². The van der Waals surface area contributed by atoms with Gasteiger partial charge in [-0.05, 0) is 42.7 Å². The molecule has 0 aliphatic heterocycles. The van der Waals surface area contributed by atoms with Gasteiger partial charge >= 0.3 is 5.97 Å². The smallest absolute Gasteiger partial charge is 0.341 e. The van der Waals surface area contributed by atoms with Crippen molar-refractivity contribution in [2.24, 2.45) is 0 Å². The molecule has 0 N–H and O–H groups in total. The molecule has 0 bridgehead atoms. The maximum Gasteiger partial charge on any atom is 0.341 e. The van der Waals surface area contributed by atoms with Crippen LogP contribution in [-0.4, -0.2) is 57.2 Å². The minimum atomic E-state index is -3.47. The van der Waals surface area contributed by atoms with Crippen molar-refractivity contribution < 1.29 is 22.7 Å². The standard InChI is InChI=1S/C17H20N2O5S2/c1-19(2)26(21,22)14-8-6-13(7-9-14)23-11-12-24-17(20)15-5-4-10-18-16(15)25-3/h4-10H,11-12H2,1-3H3. The van der Waals surface area contributed by atoms with E-state index in [9.17, 15) is 13.2 Å². The number of aromatic nitrogens is 1. The van der Waals surface area contributed by atoms with Crippen molar-refractivity contribution in [1.82, 2.24) is 9.29 Å². The minimum absolute atomic E-state index is 0.0687. The molecule has 0 unspecified atom stereocenters. The molecule has 0 spiro atoms. The number of carbonyl (C=O) groups excluding carboxylic acids is 1. The summed E-state index contributed by atoms with van der Waals surface area (Å²) in [6.07, 6.45) is 3.45. The predicted octanol–water partition coefficient (Wildman–Crippen LogP) is 2.29. The molecule has 9 heteroatoms. The van der Waals surface area contributed by atoms with E-state index in [1.165, 1.54) is 38.0 Å². The number of sulfonamides is 1. The third-order valence-corrected chi connectivity index (χ3v) is 5.91. The van der Waals surface area contributed by atoms with E-state index in [1.54, 1.807) is 30.5 Å². The van der Waals surface area contributed by atoms with Gasteiger partial charge in [0.2, 0.25) is 10.0 Å². The van der Waals surface area contributed by atoms with Gasteiger partial charge in [0.1, 0.15) is 24.0 Å². The molecular formula is C17H20N2O5S2. The molecule has 0 radical (unpaired) electrons. The minimum Gasteiger partial charge on any atom is -0.490 e. The van der Waals surface area contributed by atoms with E-state index in [-0.39, 0.29) is 18.1 Å². The maximum atomic E-state index is 12.1. The van der Waals surface area contributed by atoms with E-state index in [4.69, 9.17) is 9.47 Å². The van der Waals surface area contributed by atoms with Crippen LogP contribution in [0.5, 0.6) is 5.75 Å². The van der Waals surface area contributed by atoms with E-state index in [0.29, 0.717) is 16.3 Å². The number of thioether (sulfide) groups is 1. The van der Waals surface area contributed by atoms with Crippen LogP contribution in [0.3, 0.4) is 0 Å². The molecule has 0 atom stereocenters. The number of ether oxygens (including phenoxy) is 2. The molecule has 1 aromatic carbocycles. The van der Waals surface area contributed by atoms with Gasteiger partial charge in [0.15, 0.2) is 0 Å². The summed E-state index contributed by atoms with van der Waals surface area (Å²) in [5.74, 6) is 0.0309. The van der Waals surface area contributed by atoms with Crippen LogP contribution in [0.1, 0.15) is 10.4 Å². The molecule has 2 aromatic rings. The van der Waals surface area contributed by atoms with Crippen LogP contribution in [0, 0.1) is 0 Å². The zero-order valence-corrected chi connectivity index (χ0v) is 16.3. The lowest BCUT2D eigenvalue weighted by molar-refractivity contribution is 0.0445. The van der Waals surface area contributed by atoms with Gasteiger partial charge in [-0.2, -0.15) is 0 Å². The quantitative estimate of drug-likeness (QED) is 0.384. The van der Waals surface area contributed by atoms with Crippen molar-refractivity contribution in [3.63, 3.8) is 0 Å². The Balaban J connectivity index is 1.86. The predicted molar refractivity (Wildman–Crippen MR) is 99.1 cm³/mol. The number of nitrogens with zero attached hydrogens (tertiary/aromatic N) is 2. The van der Waals surface area contributed by atoms with Gasteiger partial charge in [0.05, 0.1) is 10.5 Å². The second kappa shape index (κ2) is 9.02. The lowest BCUT2D eigenvalue weighted by Gasteiger charge is -2.12. The largest absolute Gasteiger partial charge is 0.490 e. The first-order valence-electron chi connectivity index (χ1n) is 7.68. The number of esters is 1. The van der Waals surface area contributed by atoms with Gasteiger partial charge in [-0.1, -0.05) is 0 Å². The molecule has 2 rings (SSSR count). The molecule has 26 heavy (non-hydrogen) atoms. The summed E-state index contributed by atoms with van der Waals surface area (Å²) in [5, 5.41) is 0.608. The lowest BCUT2D eigenvalue weighted by Crippen LogP contribution is -2.22. The highest BCUT2D eigenvalue weighted by molar-refractivity contribution is 7.98. The highest BCUT2D eigenvalue weighted by Gasteiger charge is 2.17. The Kier molecular flexibility index (Phi) is 7.01. The third-order valence-electron chi connectivity index (χ3n) is 3.37. The zero-order valence-electron chi connectivity index (χ0n) is 14.7. The Morgan fingerprint density at radius 3 is 2.46 bits per heavy atom. The van der Waals surface area contributed by atoms with Crippen molar-refractivity contribution in [3.8, 4) is 5.75 Å². The Hall–Kier alpha value is -2.10. The van der Waals surface area contributed by atoms with E-state index >= 15 is 0 Å². The summed E-state index contributed by atoms with van der Waals surface area (Å²) in [4.78, 5) is 16.3. The number of hydrogen-bond donors (Lipinski definition) is 0. The molecule has 0 fully saturated rings. The average molecular weight is 396 g/mol. The first-order valence-corrected chi connectivity index (χ1v) is 10.3. The summed E-state index contributed by atoms with van der Waals surface area (Å²) < 4.78 is 35.8. The molecule has 1 heterocycles. The van der Waals surface area contributed by atoms with E-state index in [1.807, 2.05) is 6.26 Å². The first kappa shape index (κ1) is 20.2. The highest BCUT2D eigenvalue weighted by atomic mass is 32.2. The van der Waals surface area contributed by atoms with Gasteiger partial charge in [-0.15, -0.1) is 11.8 Å². The average Bonchev–Trinajstić information content (AvgIpc) is 2.65. The van der Waals surface area contributed by atoms with E-state index in [0.717, 1.165) is 4.31 Å². The van der Waals surface area contributed by atoms with Gasteiger partial charge in [0.25, 0.3) is 0 Å². The fraction of sp³-hybridized carbons (Fsp3) is 0.294. The second-order valence-corrected chi connectivity index (χ2v) is 8.25. The van der Waals surface area contributed by atoms with Crippen molar-refractivity contribution in [3.05, 3.63) is 48.2 Å². The van der Waals surface area contributed by atoms with Crippen LogP contribution < -0.4 is 4.74 Å². The van der Waals surface area contributed by atoms with Gasteiger partial charge in [-0.3, -0.25) is 0 Å². The molecule has 0 saturated carbocycles. The van der Waals surface area contributed by atoms with Crippen LogP contribution in [-0.2, 0) is 14.8 Å². The molecular weight excluding hydrogens is 376 g/mol. The number of hydrogen-bond acceptors (Lipinski definition) is 7. The summed E-state index contributed by atoms with van der Waals surface area (Å²) in [6.45, 7) is 0.222. The Morgan fingerprint density at radius 1 is 1.15 bits per heavy atom. The summed E-state index contributed by atoms with van der Waals surface area (Å²) in [6, 6.07) is 9.40. The van der Waals surface area contributed by atoms with Gasteiger partial charge < -0.3 is 9.47 Å². The fourth-order valence-corrected chi connectivity index (χ4v) is 3.44. The van der Waals surface area contributed by atoms with Crippen LogP contribution in [0.15, 0.2) is 52.5 Å². The Bertz CT molecular complexity index is 852. The van der Waals surface area contributed by atoms with Crippen LogP contribution in [0.4, 0.5) is 0 Å². The fourth-order valence-electron chi connectivity index (χ4n) is 2.00. The molecule has 140 valence electrons. The number of carbonyl (C=O) groups is 1. The summed E-state index contributed by atoms with van der Waals surface area (Å²) >= 11 is 1.37.